The first-order valence-electron chi connectivity index (χ1n) is 11.0. The van der Waals surface area contributed by atoms with Crippen LogP contribution in [0.3, 0.4) is 0 Å². The van der Waals surface area contributed by atoms with Crippen LogP contribution in [0.1, 0.15) is 59.4 Å². The molecule has 1 aromatic heterocycles. The van der Waals surface area contributed by atoms with E-state index < -0.39 is 0 Å². The van der Waals surface area contributed by atoms with Gasteiger partial charge in [0.2, 0.25) is 0 Å². The fourth-order valence-electron chi connectivity index (χ4n) is 4.55. The van der Waals surface area contributed by atoms with Gasteiger partial charge in [0.05, 0.1) is 16.1 Å². The molecule has 0 aliphatic heterocycles. The van der Waals surface area contributed by atoms with E-state index in [1.165, 1.54) is 6.07 Å². The molecule has 4 rings (SSSR count). The van der Waals surface area contributed by atoms with Crippen molar-refractivity contribution in [2.24, 2.45) is 5.92 Å². The van der Waals surface area contributed by atoms with E-state index in [0.717, 1.165) is 30.4 Å². The molecular formula is C26H26BrFN2O2. The molecule has 0 unspecified atom stereocenters. The van der Waals surface area contributed by atoms with Crippen LogP contribution in [-0.4, -0.2) is 10.9 Å². The number of hydrogen-bond acceptors (Lipinski definition) is 2. The van der Waals surface area contributed by atoms with E-state index in [4.69, 9.17) is 0 Å². The number of carbonyl (C=O) groups is 1. The lowest BCUT2D eigenvalue weighted by Crippen LogP contribution is -2.38. The summed E-state index contributed by atoms with van der Waals surface area (Å²) in [5.74, 6) is -0.319. The first kappa shape index (κ1) is 22.5. The number of aromatic nitrogens is 1. The molecule has 2 N–H and O–H groups in total. The van der Waals surface area contributed by atoms with Gasteiger partial charge in [-0.15, -0.1) is 0 Å². The lowest BCUT2D eigenvalue weighted by atomic mass is 9.75. The van der Waals surface area contributed by atoms with Crippen molar-refractivity contribution >= 4 is 21.8 Å². The van der Waals surface area contributed by atoms with Crippen LogP contribution in [0, 0.1) is 18.7 Å². The lowest BCUT2D eigenvalue weighted by molar-refractivity contribution is 0.0898. The number of benzene rings is 2. The van der Waals surface area contributed by atoms with Crippen molar-refractivity contribution in [3.63, 3.8) is 0 Å². The molecule has 1 aliphatic rings. The van der Waals surface area contributed by atoms with Gasteiger partial charge in [-0.05, 0) is 70.8 Å². The van der Waals surface area contributed by atoms with Crippen molar-refractivity contribution in [3.05, 3.63) is 91.6 Å². The zero-order valence-corrected chi connectivity index (χ0v) is 19.8. The predicted molar refractivity (Wildman–Crippen MR) is 128 cm³/mol. The Bertz CT molecular complexity index is 1200. The molecule has 1 aliphatic carbocycles. The highest BCUT2D eigenvalue weighted by Crippen LogP contribution is 2.42. The van der Waals surface area contributed by atoms with Crippen LogP contribution in [0.25, 0.3) is 11.1 Å². The molecule has 6 heteroatoms. The summed E-state index contributed by atoms with van der Waals surface area (Å²) >= 11 is 3.34. The second-order valence-electron chi connectivity index (χ2n) is 8.31. The molecule has 1 amide bonds. The summed E-state index contributed by atoms with van der Waals surface area (Å²) in [5.41, 5.74) is 3.54. The zero-order valence-electron chi connectivity index (χ0n) is 18.2. The molecule has 2 aromatic carbocycles. The third-order valence-corrected chi connectivity index (χ3v) is 7.21. The van der Waals surface area contributed by atoms with Crippen molar-refractivity contribution in [2.45, 2.75) is 45.6 Å². The van der Waals surface area contributed by atoms with E-state index in [2.05, 4.69) is 26.2 Å². The maximum atomic E-state index is 15.1. The largest absolute Gasteiger partial charge is 0.345 e. The molecule has 166 valence electrons. The van der Waals surface area contributed by atoms with E-state index >= 15 is 4.39 Å². The van der Waals surface area contributed by atoms with Gasteiger partial charge in [0.15, 0.2) is 0 Å². The lowest BCUT2D eigenvalue weighted by Gasteiger charge is -2.36. The van der Waals surface area contributed by atoms with Gasteiger partial charge >= 0.3 is 0 Å². The van der Waals surface area contributed by atoms with Crippen LogP contribution in [0.5, 0.6) is 0 Å². The average Bonchev–Trinajstić information content (AvgIpc) is 2.74. The second-order valence-corrected chi connectivity index (χ2v) is 9.11. The first-order valence-corrected chi connectivity index (χ1v) is 11.8. The topological polar surface area (TPSA) is 62.0 Å². The van der Waals surface area contributed by atoms with Gasteiger partial charge in [-0.2, -0.15) is 0 Å². The van der Waals surface area contributed by atoms with Crippen molar-refractivity contribution in [1.82, 2.24) is 10.3 Å². The standard InChI is InChI=1S/C26H26BrFN2O2/c1-3-18-21(15(2)29-26(32)23(18)27)25(31)30-24(17-11-7-12-17)19-13-8-14-20(28)22(19)16-9-5-4-6-10-16/h4-6,8-10,13-14,17,24H,3,7,11-12H2,1-2H3,(H,29,32)(H,30,31)/t24-/m0/s1. The van der Waals surface area contributed by atoms with Gasteiger partial charge in [0, 0.05) is 11.3 Å². The van der Waals surface area contributed by atoms with Gasteiger partial charge in [-0.25, -0.2) is 4.39 Å². The highest BCUT2D eigenvalue weighted by molar-refractivity contribution is 9.10. The van der Waals surface area contributed by atoms with Crippen LogP contribution < -0.4 is 10.9 Å². The van der Waals surface area contributed by atoms with Crippen molar-refractivity contribution in [1.29, 1.82) is 0 Å². The van der Waals surface area contributed by atoms with Crippen LogP contribution >= 0.6 is 15.9 Å². The third kappa shape index (κ3) is 4.16. The molecule has 1 atom stereocenters. The Labute approximate surface area is 195 Å². The number of aromatic amines is 1. The van der Waals surface area contributed by atoms with Crippen molar-refractivity contribution < 1.29 is 9.18 Å². The van der Waals surface area contributed by atoms with E-state index in [-0.39, 0.29) is 29.2 Å². The van der Waals surface area contributed by atoms with Gasteiger partial charge in [-0.1, -0.05) is 55.8 Å². The Balaban J connectivity index is 1.79. The SMILES string of the molecule is CCc1c(C(=O)N[C@H](c2cccc(F)c2-c2ccccc2)C2CCC2)c(C)[nH]c(=O)c1Br. The number of rotatable bonds is 6. The minimum atomic E-state index is -0.322. The van der Waals surface area contributed by atoms with E-state index in [0.29, 0.717) is 33.3 Å². The fraction of sp³-hybridized carbons (Fsp3) is 0.308. The van der Waals surface area contributed by atoms with Crippen LogP contribution in [0.2, 0.25) is 0 Å². The molecule has 1 heterocycles. The molecule has 1 fully saturated rings. The van der Waals surface area contributed by atoms with Gasteiger partial charge in [0.25, 0.3) is 11.5 Å². The predicted octanol–water partition coefficient (Wildman–Crippen LogP) is 6.09. The number of pyridine rings is 1. The van der Waals surface area contributed by atoms with Gasteiger partial charge in [-0.3, -0.25) is 9.59 Å². The highest BCUT2D eigenvalue weighted by atomic mass is 79.9. The molecule has 0 saturated heterocycles. The normalized spacial score (nSPS) is 14.6. The van der Waals surface area contributed by atoms with Crippen molar-refractivity contribution in [2.75, 3.05) is 0 Å². The van der Waals surface area contributed by atoms with Crippen LogP contribution in [-0.2, 0) is 6.42 Å². The summed E-state index contributed by atoms with van der Waals surface area (Å²) in [6.45, 7) is 3.65. The molecule has 4 nitrogen and oxygen atoms in total. The average molecular weight is 497 g/mol. The Morgan fingerprint density at radius 2 is 1.91 bits per heavy atom. The number of nitrogens with one attached hydrogen (secondary N) is 2. The molecule has 0 bridgehead atoms. The number of aryl methyl sites for hydroxylation is 1. The molecule has 1 saturated carbocycles. The Kier molecular flexibility index (Phi) is 6.60. The summed E-state index contributed by atoms with van der Waals surface area (Å²) in [4.78, 5) is 28.4. The summed E-state index contributed by atoms with van der Waals surface area (Å²) in [6, 6.07) is 14.2. The quantitative estimate of drug-likeness (QED) is 0.433. The van der Waals surface area contributed by atoms with Crippen LogP contribution in [0.15, 0.2) is 57.8 Å². The van der Waals surface area contributed by atoms with E-state index in [9.17, 15) is 9.59 Å². The maximum Gasteiger partial charge on any atom is 0.262 e. The number of amides is 1. The Morgan fingerprint density at radius 1 is 1.19 bits per heavy atom. The number of halogens is 2. The summed E-state index contributed by atoms with van der Waals surface area (Å²) in [5, 5.41) is 3.20. The molecule has 0 radical (unpaired) electrons. The minimum Gasteiger partial charge on any atom is -0.345 e. The third-order valence-electron chi connectivity index (χ3n) is 6.37. The van der Waals surface area contributed by atoms with E-state index in [1.807, 2.05) is 43.3 Å². The number of H-pyrrole nitrogens is 1. The summed E-state index contributed by atoms with van der Waals surface area (Å²) in [6.07, 6.45) is 3.59. The van der Waals surface area contributed by atoms with E-state index in [1.54, 1.807) is 13.0 Å². The Hall–Kier alpha value is -2.73. The summed E-state index contributed by atoms with van der Waals surface area (Å²) < 4.78 is 15.4. The minimum absolute atomic E-state index is 0.236. The second kappa shape index (κ2) is 9.41. The number of carbonyl (C=O) groups excluding carboxylic acids is 1. The van der Waals surface area contributed by atoms with Gasteiger partial charge in [0.1, 0.15) is 5.82 Å². The van der Waals surface area contributed by atoms with Crippen molar-refractivity contribution in [3.8, 4) is 11.1 Å². The van der Waals surface area contributed by atoms with Crippen LogP contribution in [0.4, 0.5) is 4.39 Å². The molecule has 0 spiro atoms. The van der Waals surface area contributed by atoms with Gasteiger partial charge < -0.3 is 10.3 Å². The molecular weight excluding hydrogens is 471 g/mol. The molecule has 32 heavy (non-hydrogen) atoms. The first-order chi connectivity index (χ1) is 15.4. The smallest absolute Gasteiger partial charge is 0.262 e. The monoisotopic (exact) mass is 496 g/mol. The highest BCUT2D eigenvalue weighted by Gasteiger charge is 2.33. The summed E-state index contributed by atoms with van der Waals surface area (Å²) in [7, 11) is 0. The maximum absolute atomic E-state index is 15.1. The Morgan fingerprint density at radius 3 is 2.53 bits per heavy atom. The fourth-order valence-corrected chi connectivity index (χ4v) is 5.12. The number of hydrogen-bond donors (Lipinski definition) is 2. The zero-order chi connectivity index (χ0) is 22.8. The molecule has 3 aromatic rings.